The van der Waals surface area contributed by atoms with Gasteiger partial charge in [-0.25, -0.2) is 4.57 Å². The number of nitrogens with zero attached hydrogens (tertiary/aromatic N) is 2. The Bertz CT molecular complexity index is 850. The number of benzene rings is 1. The maximum absolute atomic E-state index is 4.58. The Hall–Kier alpha value is -2.48. The Morgan fingerprint density at radius 1 is 1.00 bits per heavy atom. The van der Waals surface area contributed by atoms with Gasteiger partial charge in [-0.2, -0.15) is 0 Å². The first kappa shape index (κ1) is 12.3. The fourth-order valence-corrected chi connectivity index (χ4v) is 3.31. The molecule has 2 heteroatoms. The lowest BCUT2D eigenvalue weighted by Crippen LogP contribution is -2.32. The Morgan fingerprint density at radius 3 is 2.71 bits per heavy atom. The number of rotatable bonds is 1. The molecule has 4 rings (SSSR count). The van der Waals surface area contributed by atoms with Gasteiger partial charge < -0.3 is 0 Å². The van der Waals surface area contributed by atoms with Gasteiger partial charge in [0.05, 0.1) is 5.69 Å². The number of hydrogen-bond acceptors (Lipinski definition) is 1. The molecule has 0 aliphatic heterocycles. The van der Waals surface area contributed by atoms with Gasteiger partial charge in [0.2, 0.25) is 5.69 Å². The molecule has 0 spiro atoms. The molecule has 0 N–H and O–H groups in total. The third-order valence-electron chi connectivity index (χ3n) is 4.34. The molecule has 0 amide bonds. The molecule has 0 unspecified atom stereocenters. The van der Waals surface area contributed by atoms with Crippen LogP contribution in [-0.2, 0) is 13.5 Å². The van der Waals surface area contributed by atoms with Gasteiger partial charge in [0, 0.05) is 35.4 Å². The summed E-state index contributed by atoms with van der Waals surface area (Å²) in [7, 11) is 2.12. The van der Waals surface area contributed by atoms with E-state index in [0.717, 1.165) is 12.1 Å². The lowest BCUT2D eigenvalue weighted by molar-refractivity contribution is -0.660. The molecule has 2 aromatic heterocycles. The maximum Gasteiger partial charge on any atom is 0.216 e. The summed E-state index contributed by atoms with van der Waals surface area (Å²) in [5.41, 5.74) is 9.07. The third kappa shape index (κ3) is 1.79. The first-order chi connectivity index (χ1) is 10.3. The standard InChI is InChI=1S/C19H17N2/c1-13-6-3-4-8-15(13)19-17-12-14-7-5-10-20-18(14)16(17)9-11-21(19)2/h3-11H,12H2,1-2H3/q+1. The van der Waals surface area contributed by atoms with Crippen molar-refractivity contribution in [3.8, 4) is 22.5 Å². The second-order valence-corrected chi connectivity index (χ2v) is 5.67. The zero-order chi connectivity index (χ0) is 14.4. The van der Waals surface area contributed by atoms with Gasteiger partial charge in [-0.15, -0.1) is 0 Å². The smallest absolute Gasteiger partial charge is 0.216 e. The first-order valence-corrected chi connectivity index (χ1v) is 7.27. The molecule has 102 valence electrons. The highest BCUT2D eigenvalue weighted by molar-refractivity contribution is 5.80. The fourth-order valence-electron chi connectivity index (χ4n) is 3.31. The molecule has 21 heavy (non-hydrogen) atoms. The highest BCUT2D eigenvalue weighted by atomic mass is 14.9. The second-order valence-electron chi connectivity index (χ2n) is 5.67. The van der Waals surface area contributed by atoms with Gasteiger partial charge in [0.25, 0.3) is 0 Å². The minimum absolute atomic E-state index is 0.969. The lowest BCUT2D eigenvalue weighted by atomic mass is 9.98. The number of pyridine rings is 2. The van der Waals surface area contributed by atoms with E-state index >= 15 is 0 Å². The maximum atomic E-state index is 4.58. The fraction of sp³-hybridized carbons (Fsp3) is 0.158. The first-order valence-electron chi connectivity index (χ1n) is 7.27. The predicted octanol–water partition coefficient (Wildman–Crippen LogP) is 3.45. The third-order valence-corrected chi connectivity index (χ3v) is 4.34. The minimum Gasteiger partial charge on any atom is -0.256 e. The summed E-state index contributed by atoms with van der Waals surface area (Å²) in [5, 5.41) is 0. The quantitative estimate of drug-likeness (QED) is 0.485. The van der Waals surface area contributed by atoms with Crippen molar-refractivity contribution in [2.24, 2.45) is 7.05 Å². The Balaban J connectivity index is 2.01. The van der Waals surface area contributed by atoms with Crippen molar-refractivity contribution in [2.45, 2.75) is 13.3 Å². The van der Waals surface area contributed by atoms with E-state index in [1.807, 2.05) is 12.3 Å². The van der Waals surface area contributed by atoms with Crippen molar-refractivity contribution in [1.82, 2.24) is 4.98 Å². The van der Waals surface area contributed by atoms with Gasteiger partial charge in [-0.05, 0) is 30.2 Å². The van der Waals surface area contributed by atoms with Crippen molar-refractivity contribution in [3.63, 3.8) is 0 Å². The molecule has 1 aromatic carbocycles. The van der Waals surface area contributed by atoms with Crippen molar-refractivity contribution >= 4 is 0 Å². The molecule has 0 atom stereocenters. The monoisotopic (exact) mass is 273 g/mol. The highest BCUT2D eigenvalue weighted by Crippen LogP contribution is 2.39. The second kappa shape index (κ2) is 4.52. The molecule has 1 aliphatic carbocycles. The van der Waals surface area contributed by atoms with Gasteiger partial charge in [0.1, 0.15) is 7.05 Å². The number of aryl methyl sites for hydroxylation is 2. The van der Waals surface area contributed by atoms with Gasteiger partial charge in [-0.3, -0.25) is 4.98 Å². The minimum atomic E-state index is 0.969. The van der Waals surface area contributed by atoms with Crippen LogP contribution in [-0.4, -0.2) is 4.98 Å². The van der Waals surface area contributed by atoms with Crippen LogP contribution in [0.4, 0.5) is 0 Å². The zero-order valence-corrected chi connectivity index (χ0v) is 12.3. The van der Waals surface area contributed by atoms with Crippen LogP contribution < -0.4 is 4.57 Å². The van der Waals surface area contributed by atoms with Crippen LogP contribution in [0.3, 0.4) is 0 Å². The van der Waals surface area contributed by atoms with Crippen LogP contribution in [0, 0.1) is 6.92 Å². The van der Waals surface area contributed by atoms with Crippen molar-refractivity contribution in [2.75, 3.05) is 0 Å². The molecule has 0 saturated carbocycles. The summed E-state index contributed by atoms with van der Waals surface area (Å²) < 4.78 is 2.23. The summed E-state index contributed by atoms with van der Waals surface area (Å²) in [5.74, 6) is 0. The van der Waals surface area contributed by atoms with Gasteiger partial charge in [0.15, 0.2) is 6.20 Å². The number of hydrogen-bond donors (Lipinski definition) is 0. The summed E-state index contributed by atoms with van der Waals surface area (Å²) >= 11 is 0. The van der Waals surface area contributed by atoms with E-state index in [2.05, 4.69) is 66.1 Å². The van der Waals surface area contributed by atoms with E-state index in [4.69, 9.17) is 0 Å². The molecule has 3 aromatic rings. The summed E-state index contributed by atoms with van der Waals surface area (Å²) in [4.78, 5) is 4.58. The molecule has 0 radical (unpaired) electrons. The SMILES string of the molecule is Cc1ccccc1-c1c2c(cc[n+]1C)-c1ncccc1C2. The number of fused-ring (bicyclic) bond motifs is 3. The van der Waals surface area contributed by atoms with E-state index in [1.54, 1.807) is 0 Å². The average molecular weight is 273 g/mol. The van der Waals surface area contributed by atoms with Crippen LogP contribution in [0.15, 0.2) is 54.9 Å². The number of aromatic nitrogens is 2. The average Bonchev–Trinajstić information content (AvgIpc) is 2.87. The van der Waals surface area contributed by atoms with E-state index in [-0.39, 0.29) is 0 Å². The molecule has 0 bridgehead atoms. The van der Waals surface area contributed by atoms with Crippen LogP contribution in [0.2, 0.25) is 0 Å². The Labute approximate surface area is 124 Å². The molecule has 0 saturated heterocycles. The molecule has 0 fully saturated rings. The van der Waals surface area contributed by atoms with E-state index < -0.39 is 0 Å². The van der Waals surface area contributed by atoms with E-state index in [9.17, 15) is 0 Å². The molecular weight excluding hydrogens is 256 g/mol. The van der Waals surface area contributed by atoms with Crippen LogP contribution in [0.25, 0.3) is 22.5 Å². The lowest BCUT2D eigenvalue weighted by Gasteiger charge is -2.08. The zero-order valence-electron chi connectivity index (χ0n) is 12.3. The van der Waals surface area contributed by atoms with Crippen LogP contribution in [0.5, 0.6) is 0 Å². The van der Waals surface area contributed by atoms with Gasteiger partial charge in [-0.1, -0.05) is 24.3 Å². The Kier molecular flexibility index (Phi) is 2.64. The molecule has 1 aliphatic rings. The van der Waals surface area contributed by atoms with Gasteiger partial charge >= 0.3 is 0 Å². The van der Waals surface area contributed by atoms with Crippen molar-refractivity contribution in [3.05, 3.63) is 71.5 Å². The Morgan fingerprint density at radius 2 is 1.86 bits per heavy atom. The summed E-state index contributed by atoms with van der Waals surface area (Å²) in [6, 6.07) is 15.0. The van der Waals surface area contributed by atoms with E-state index in [1.165, 1.54) is 33.5 Å². The highest BCUT2D eigenvalue weighted by Gasteiger charge is 2.28. The molecule has 2 heterocycles. The van der Waals surface area contributed by atoms with Crippen molar-refractivity contribution < 1.29 is 4.57 Å². The molecular formula is C19H17N2+. The van der Waals surface area contributed by atoms with Crippen molar-refractivity contribution in [1.29, 1.82) is 0 Å². The van der Waals surface area contributed by atoms with E-state index in [0.29, 0.717) is 0 Å². The predicted molar refractivity (Wildman–Crippen MR) is 83.8 cm³/mol. The summed E-state index contributed by atoms with van der Waals surface area (Å²) in [6.45, 7) is 2.18. The summed E-state index contributed by atoms with van der Waals surface area (Å²) in [6.07, 6.45) is 5.00. The molecule has 2 nitrogen and oxygen atoms in total. The van der Waals surface area contributed by atoms with Crippen LogP contribution >= 0.6 is 0 Å². The topological polar surface area (TPSA) is 16.8 Å². The normalized spacial score (nSPS) is 12.1. The van der Waals surface area contributed by atoms with Crippen LogP contribution in [0.1, 0.15) is 16.7 Å². The largest absolute Gasteiger partial charge is 0.256 e.